The highest BCUT2D eigenvalue weighted by Gasteiger charge is 2.37. The van der Waals surface area contributed by atoms with Crippen LogP contribution in [0.1, 0.15) is 45.7 Å². The second-order valence-electron chi connectivity index (χ2n) is 5.28. The maximum Gasteiger partial charge on any atom is 0.0595 e. The lowest BCUT2D eigenvalue weighted by molar-refractivity contribution is 0.0728. The summed E-state index contributed by atoms with van der Waals surface area (Å²) in [6.45, 7) is 11.0. The van der Waals surface area contributed by atoms with E-state index in [1.165, 1.54) is 5.56 Å². The first-order chi connectivity index (χ1) is 9.44. The average Bonchev–Trinajstić information content (AvgIpc) is 2.44. The Morgan fingerprint density at radius 2 is 1.75 bits per heavy atom. The Morgan fingerprint density at radius 3 is 2.15 bits per heavy atom. The van der Waals surface area contributed by atoms with Crippen molar-refractivity contribution in [2.75, 3.05) is 20.1 Å². The van der Waals surface area contributed by atoms with E-state index in [1.807, 2.05) is 19.2 Å². The first kappa shape index (κ1) is 17.8. The molecule has 0 aliphatic carbocycles. The highest BCUT2D eigenvalue weighted by Crippen LogP contribution is 2.36. The normalized spacial score (nSPS) is 16.2. The van der Waals surface area contributed by atoms with E-state index in [0.717, 1.165) is 19.5 Å². The molecule has 0 aromatic heterocycles. The van der Waals surface area contributed by atoms with Crippen LogP contribution in [0.4, 0.5) is 0 Å². The largest absolute Gasteiger partial charge is 0.311 e. The van der Waals surface area contributed by atoms with E-state index >= 15 is 0 Å². The van der Waals surface area contributed by atoms with E-state index in [4.69, 9.17) is 23.2 Å². The van der Waals surface area contributed by atoms with Crippen molar-refractivity contribution in [2.24, 2.45) is 0 Å². The summed E-state index contributed by atoms with van der Waals surface area (Å²) >= 11 is 12.2. The standard InChI is InChI=1S/C16H26Cl2N2/c1-6-16(4,20(7-2)8-3)15(19-5)12-9-10-13(17)14(18)11-12/h9-11,15,19H,6-8H2,1-5H3. The summed E-state index contributed by atoms with van der Waals surface area (Å²) in [7, 11) is 2.00. The predicted molar refractivity (Wildman–Crippen MR) is 89.9 cm³/mol. The van der Waals surface area contributed by atoms with Gasteiger partial charge in [-0.05, 0) is 51.2 Å². The molecule has 1 N–H and O–H groups in total. The fourth-order valence-corrected chi connectivity index (χ4v) is 3.39. The van der Waals surface area contributed by atoms with Gasteiger partial charge in [-0.3, -0.25) is 4.90 Å². The molecule has 1 aromatic carbocycles. The summed E-state index contributed by atoms with van der Waals surface area (Å²) < 4.78 is 0. The Labute approximate surface area is 133 Å². The smallest absolute Gasteiger partial charge is 0.0595 e. The first-order valence-electron chi connectivity index (χ1n) is 7.31. The second-order valence-corrected chi connectivity index (χ2v) is 6.09. The minimum absolute atomic E-state index is 0.0371. The summed E-state index contributed by atoms with van der Waals surface area (Å²) in [6.07, 6.45) is 1.06. The molecule has 2 atom stereocenters. The van der Waals surface area contributed by atoms with Crippen molar-refractivity contribution in [3.63, 3.8) is 0 Å². The quantitative estimate of drug-likeness (QED) is 0.779. The Balaban J connectivity index is 3.23. The zero-order valence-corrected chi connectivity index (χ0v) is 14.6. The van der Waals surface area contributed by atoms with Gasteiger partial charge >= 0.3 is 0 Å². The molecule has 0 aliphatic rings. The number of nitrogens with one attached hydrogen (secondary N) is 1. The van der Waals surface area contributed by atoms with Gasteiger partial charge in [0.05, 0.1) is 16.1 Å². The molecule has 0 spiro atoms. The molecule has 0 aliphatic heterocycles. The summed E-state index contributed by atoms with van der Waals surface area (Å²) in [5.41, 5.74) is 1.22. The summed E-state index contributed by atoms with van der Waals surface area (Å²) in [5.74, 6) is 0. The van der Waals surface area contributed by atoms with Gasteiger partial charge in [0.1, 0.15) is 0 Å². The van der Waals surface area contributed by atoms with Gasteiger partial charge in [0.25, 0.3) is 0 Å². The van der Waals surface area contributed by atoms with Gasteiger partial charge in [-0.15, -0.1) is 0 Å². The maximum absolute atomic E-state index is 6.18. The predicted octanol–water partition coefficient (Wildman–Crippen LogP) is 4.76. The van der Waals surface area contributed by atoms with Gasteiger partial charge < -0.3 is 5.32 Å². The van der Waals surface area contributed by atoms with Gasteiger partial charge in [-0.2, -0.15) is 0 Å². The van der Waals surface area contributed by atoms with E-state index in [1.54, 1.807) is 0 Å². The highest BCUT2D eigenvalue weighted by molar-refractivity contribution is 6.42. The number of rotatable bonds is 7. The van der Waals surface area contributed by atoms with Crippen LogP contribution < -0.4 is 5.32 Å². The molecule has 0 saturated carbocycles. The molecule has 1 rings (SSSR count). The fraction of sp³-hybridized carbons (Fsp3) is 0.625. The van der Waals surface area contributed by atoms with Crippen molar-refractivity contribution < 1.29 is 0 Å². The van der Waals surface area contributed by atoms with E-state index in [2.05, 4.69) is 44.0 Å². The molecule has 0 bridgehead atoms. The van der Waals surface area contributed by atoms with E-state index in [0.29, 0.717) is 10.0 Å². The van der Waals surface area contributed by atoms with Crippen LogP contribution in [0.15, 0.2) is 18.2 Å². The summed E-state index contributed by atoms with van der Waals surface area (Å²) in [5, 5.41) is 4.68. The maximum atomic E-state index is 6.18. The number of benzene rings is 1. The van der Waals surface area contributed by atoms with Gasteiger partial charge in [-0.25, -0.2) is 0 Å². The summed E-state index contributed by atoms with van der Waals surface area (Å²) in [4.78, 5) is 2.50. The van der Waals surface area contributed by atoms with Gasteiger partial charge in [0.15, 0.2) is 0 Å². The Hall–Kier alpha value is -0.280. The molecule has 0 heterocycles. The van der Waals surface area contributed by atoms with Crippen LogP contribution in [0, 0.1) is 0 Å². The fourth-order valence-electron chi connectivity index (χ4n) is 3.08. The average molecular weight is 317 g/mol. The first-order valence-corrected chi connectivity index (χ1v) is 8.07. The minimum Gasteiger partial charge on any atom is -0.311 e. The van der Waals surface area contributed by atoms with Gasteiger partial charge in [0, 0.05) is 5.54 Å². The molecular weight excluding hydrogens is 291 g/mol. The topological polar surface area (TPSA) is 15.3 Å². The Morgan fingerprint density at radius 1 is 1.15 bits per heavy atom. The van der Waals surface area contributed by atoms with E-state index in [9.17, 15) is 0 Å². The molecule has 2 nitrogen and oxygen atoms in total. The Kier molecular flexibility index (Phi) is 6.80. The summed E-state index contributed by atoms with van der Waals surface area (Å²) in [6, 6.07) is 6.12. The van der Waals surface area contributed by atoms with Crippen LogP contribution in [0.3, 0.4) is 0 Å². The second kappa shape index (κ2) is 7.65. The van der Waals surface area contributed by atoms with E-state index in [-0.39, 0.29) is 11.6 Å². The Bertz CT molecular complexity index is 432. The number of likely N-dealkylation sites (N-methyl/N-ethyl adjacent to an activating group) is 2. The van der Waals surface area contributed by atoms with Crippen molar-refractivity contribution in [1.82, 2.24) is 10.2 Å². The third-order valence-corrected chi connectivity index (χ3v) is 5.13. The van der Waals surface area contributed by atoms with Crippen molar-refractivity contribution in [3.05, 3.63) is 33.8 Å². The van der Waals surface area contributed by atoms with Crippen molar-refractivity contribution in [2.45, 2.75) is 45.7 Å². The van der Waals surface area contributed by atoms with Gasteiger partial charge in [-0.1, -0.05) is 50.0 Å². The minimum atomic E-state index is 0.0371. The molecule has 114 valence electrons. The van der Waals surface area contributed by atoms with Crippen LogP contribution >= 0.6 is 23.2 Å². The van der Waals surface area contributed by atoms with Crippen molar-refractivity contribution in [3.8, 4) is 0 Å². The number of hydrogen-bond acceptors (Lipinski definition) is 2. The monoisotopic (exact) mass is 316 g/mol. The van der Waals surface area contributed by atoms with Crippen molar-refractivity contribution in [1.29, 1.82) is 0 Å². The molecule has 0 fully saturated rings. The zero-order valence-electron chi connectivity index (χ0n) is 13.1. The lowest BCUT2D eigenvalue weighted by Crippen LogP contribution is -2.53. The van der Waals surface area contributed by atoms with Crippen LogP contribution in [-0.2, 0) is 0 Å². The molecule has 4 heteroatoms. The van der Waals surface area contributed by atoms with Crippen molar-refractivity contribution >= 4 is 23.2 Å². The molecule has 20 heavy (non-hydrogen) atoms. The number of halogens is 2. The number of nitrogens with zero attached hydrogens (tertiary/aromatic N) is 1. The molecule has 1 aromatic rings. The van der Waals surface area contributed by atoms with Crippen LogP contribution in [0.25, 0.3) is 0 Å². The van der Waals surface area contributed by atoms with E-state index < -0.39 is 0 Å². The lowest BCUT2D eigenvalue weighted by atomic mass is 9.83. The molecule has 0 radical (unpaired) electrons. The molecule has 2 unspecified atom stereocenters. The zero-order chi connectivity index (χ0) is 15.3. The lowest BCUT2D eigenvalue weighted by Gasteiger charge is -2.46. The molecule has 0 saturated heterocycles. The van der Waals surface area contributed by atoms with Crippen LogP contribution in [-0.4, -0.2) is 30.6 Å². The third-order valence-electron chi connectivity index (χ3n) is 4.39. The molecular formula is C16H26Cl2N2. The molecule has 0 amide bonds. The number of hydrogen-bond donors (Lipinski definition) is 1. The van der Waals surface area contributed by atoms with Gasteiger partial charge in [0.2, 0.25) is 0 Å². The SMILES string of the molecule is CCN(CC)C(C)(CC)C(NC)c1ccc(Cl)c(Cl)c1. The van der Waals surface area contributed by atoms with Crippen LogP contribution in [0.2, 0.25) is 10.0 Å². The highest BCUT2D eigenvalue weighted by atomic mass is 35.5. The third kappa shape index (κ3) is 3.48. The van der Waals surface area contributed by atoms with Crippen LogP contribution in [0.5, 0.6) is 0 Å².